The molecule has 0 aromatic carbocycles. The second kappa shape index (κ2) is 5.38. The highest BCUT2D eigenvalue weighted by Crippen LogP contribution is 2.41. The predicted octanol–water partition coefficient (Wildman–Crippen LogP) is 1.38. The van der Waals surface area contributed by atoms with E-state index in [0.717, 1.165) is 25.0 Å². The Morgan fingerprint density at radius 2 is 2.33 bits per heavy atom. The van der Waals surface area contributed by atoms with Crippen LogP contribution in [0.1, 0.15) is 37.8 Å². The summed E-state index contributed by atoms with van der Waals surface area (Å²) in [6, 6.07) is -0.349. The van der Waals surface area contributed by atoms with Crippen LogP contribution in [0.3, 0.4) is 0 Å². The molecule has 0 saturated carbocycles. The van der Waals surface area contributed by atoms with Crippen molar-refractivity contribution in [2.24, 2.45) is 5.92 Å². The molecule has 3 atom stereocenters. The summed E-state index contributed by atoms with van der Waals surface area (Å²) >= 11 is 0. The van der Waals surface area contributed by atoms with E-state index in [9.17, 15) is 14.7 Å². The van der Waals surface area contributed by atoms with Gasteiger partial charge in [-0.1, -0.05) is 6.92 Å². The fraction of sp³-hybridized carbons (Fsp3) is 0.643. The molecule has 1 aromatic rings. The molecule has 2 bridgehead atoms. The van der Waals surface area contributed by atoms with Gasteiger partial charge in [0.25, 0.3) is 0 Å². The standard InChI is InChI=1S/C14H19N3O4/c1-2-9-6-15-12(21-9)7-16-14(20)17-8-3-4-11(17)10(5-8)13(18)19/h6,8,10-11H,2-5,7H2,1H3,(H,16,20)(H,18,19). The van der Waals surface area contributed by atoms with E-state index in [1.807, 2.05) is 6.92 Å². The number of hydrogen-bond acceptors (Lipinski definition) is 4. The van der Waals surface area contributed by atoms with E-state index in [1.165, 1.54) is 0 Å². The lowest BCUT2D eigenvalue weighted by Crippen LogP contribution is -2.44. The predicted molar refractivity (Wildman–Crippen MR) is 72.5 cm³/mol. The number of carbonyl (C=O) groups excluding carboxylic acids is 1. The molecule has 7 heteroatoms. The van der Waals surface area contributed by atoms with E-state index in [2.05, 4.69) is 10.3 Å². The summed E-state index contributed by atoms with van der Waals surface area (Å²) in [6.07, 6.45) is 4.64. The van der Waals surface area contributed by atoms with Gasteiger partial charge in [0.05, 0.1) is 18.7 Å². The van der Waals surface area contributed by atoms with Gasteiger partial charge in [-0.2, -0.15) is 0 Å². The van der Waals surface area contributed by atoms with E-state index in [4.69, 9.17) is 4.42 Å². The fourth-order valence-electron chi connectivity index (χ4n) is 3.41. The highest BCUT2D eigenvalue weighted by Gasteiger charge is 2.51. The lowest BCUT2D eigenvalue weighted by atomic mass is 9.89. The molecule has 1 aromatic heterocycles. The van der Waals surface area contributed by atoms with Crippen LogP contribution < -0.4 is 5.32 Å². The van der Waals surface area contributed by atoms with E-state index in [1.54, 1.807) is 11.1 Å². The summed E-state index contributed by atoms with van der Waals surface area (Å²) < 4.78 is 5.44. The SMILES string of the molecule is CCc1cnc(CNC(=O)N2C3CCC2C(C(=O)O)C3)o1. The lowest BCUT2D eigenvalue weighted by molar-refractivity contribution is -0.142. The number of carboxylic acids is 1. The molecule has 2 fully saturated rings. The van der Waals surface area contributed by atoms with Crippen LogP contribution >= 0.6 is 0 Å². The highest BCUT2D eigenvalue weighted by molar-refractivity contribution is 5.79. The van der Waals surface area contributed by atoms with Gasteiger partial charge in [-0.15, -0.1) is 0 Å². The summed E-state index contributed by atoms with van der Waals surface area (Å²) in [4.78, 5) is 29.3. The minimum Gasteiger partial charge on any atom is -0.481 e. The maximum absolute atomic E-state index is 12.3. The van der Waals surface area contributed by atoms with Crippen molar-refractivity contribution in [2.75, 3.05) is 0 Å². The third-order valence-electron chi connectivity index (χ3n) is 4.43. The molecule has 2 N–H and O–H groups in total. The van der Waals surface area contributed by atoms with Gasteiger partial charge in [0.1, 0.15) is 5.76 Å². The van der Waals surface area contributed by atoms with Gasteiger partial charge < -0.3 is 19.7 Å². The smallest absolute Gasteiger partial charge is 0.318 e. The monoisotopic (exact) mass is 293 g/mol. The number of nitrogens with zero attached hydrogens (tertiary/aromatic N) is 2. The van der Waals surface area contributed by atoms with Crippen molar-refractivity contribution in [3.63, 3.8) is 0 Å². The van der Waals surface area contributed by atoms with Crippen LogP contribution in [-0.2, 0) is 17.8 Å². The molecule has 0 spiro atoms. The van der Waals surface area contributed by atoms with Gasteiger partial charge in [0.2, 0.25) is 5.89 Å². The Balaban J connectivity index is 1.60. The third kappa shape index (κ3) is 2.48. The summed E-state index contributed by atoms with van der Waals surface area (Å²) in [5, 5.41) is 12.0. The Hall–Kier alpha value is -2.05. The second-order valence-corrected chi connectivity index (χ2v) is 5.62. The van der Waals surface area contributed by atoms with Crippen molar-refractivity contribution >= 4 is 12.0 Å². The molecular weight excluding hydrogens is 274 g/mol. The van der Waals surface area contributed by atoms with Gasteiger partial charge in [0.15, 0.2) is 0 Å². The molecular formula is C14H19N3O4. The Kier molecular flexibility index (Phi) is 3.57. The Morgan fingerprint density at radius 3 is 2.95 bits per heavy atom. The molecule has 2 aliphatic heterocycles. The summed E-state index contributed by atoms with van der Waals surface area (Å²) in [5.41, 5.74) is 0. The number of fused-ring (bicyclic) bond motifs is 2. The highest BCUT2D eigenvalue weighted by atomic mass is 16.4. The second-order valence-electron chi connectivity index (χ2n) is 5.62. The van der Waals surface area contributed by atoms with Gasteiger partial charge in [-0.3, -0.25) is 4.79 Å². The van der Waals surface area contributed by atoms with Crippen LogP contribution in [0.5, 0.6) is 0 Å². The normalized spacial score (nSPS) is 27.1. The van der Waals surface area contributed by atoms with Crippen molar-refractivity contribution in [3.05, 3.63) is 17.8 Å². The van der Waals surface area contributed by atoms with Crippen LogP contribution in [-0.4, -0.2) is 39.1 Å². The van der Waals surface area contributed by atoms with Crippen molar-refractivity contribution in [3.8, 4) is 0 Å². The molecule has 0 aliphatic carbocycles. The number of aliphatic carboxylic acids is 1. The first-order valence-corrected chi connectivity index (χ1v) is 7.32. The maximum Gasteiger partial charge on any atom is 0.318 e. The van der Waals surface area contributed by atoms with E-state index in [-0.39, 0.29) is 24.7 Å². The van der Waals surface area contributed by atoms with Crippen molar-refractivity contribution in [2.45, 2.75) is 51.2 Å². The van der Waals surface area contributed by atoms with Crippen LogP contribution in [0.4, 0.5) is 4.79 Å². The minimum atomic E-state index is -0.805. The number of urea groups is 1. The van der Waals surface area contributed by atoms with E-state index >= 15 is 0 Å². The van der Waals surface area contributed by atoms with Crippen LogP contribution in [0.15, 0.2) is 10.6 Å². The number of carboxylic acid groups (broad SMARTS) is 1. The van der Waals surface area contributed by atoms with Crippen molar-refractivity contribution in [1.82, 2.24) is 15.2 Å². The number of nitrogens with one attached hydrogen (secondary N) is 1. The van der Waals surface area contributed by atoms with Crippen LogP contribution in [0.2, 0.25) is 0 Å². The Bertz CT molecular complexity index is 556. The van der Waals surface area contributed by atoms with Gasteiger partial charge in [0, 0.05) is 18.5 Å². The Morgan fingerprint density at radius 1 is 1.52 bits per heavy atom. The average molecular weight is 293 g/mol. The molecule has 3 heterocycles. The molecule has 3 rings (SSSR count). The average Bonchev–Trinajstić information content (AvgIpc) is 3.18. The van der Waals surface area contributed by atoms with Crippen molar-refractivity contribution < 1.29 is 19.1 Å². The number of aromatic nitrogens is 1. The number of rotatable bonds is 4. The zero-order valence-electron chi connectivity index (χ0n) is 11.9. The lowest BCUT2D eigenvalue weighted by Gasteiger charge is -2.23. The fourth-order valence-corrected chi connectivity index (χ4v) is 3.41. The molecule has 0 radical (unpaired) electrons. The van der Waals surface area contributed by atoms with E-state index < -0.39 is 11.9 Å². The van der Waals surface area contributed by atoms with Gasteiger partial charge in [-0.05, 0) is 19.3 Å². The Labute approximate surface area is 122 Å². The molecule has 3 unspecified atom stereocenters. The first kappa shape index (κ1) is 13.9. The maximum atomic E-state index is 12.3. The number of amides is 2. The number of oxazole rings is 1. The third-order valence-corrected chi connectivity index (χ3v) is 4.43. The summed E-state index contributed by atoms with van der Waals surface area (Å²) in [6.45, 7) is 2.20. The van der Waals surface area contributed by atoms with Crippen molar-refractivity contribution in [1.29, 1.82) is 0 Å². The molecule has 114 valence electrons. The molecule has 21 heavy (non-hydrogen) atoms. The minimum absolute atomic E-state index is 0.0480. The first-order valence-electron chi connectivity index (χ1n) is 7.32. The van der Waals surface area contributed by atoms with Crippen LogP contribution in [0, 0.1) is 5.92 Å². The van der Waals surface area contributed by atoms with E-state index in [0.29, 0.717) is 12.3 Å². The quantitative estimate of drug-likeness (QED) is 0.874. The largest absolute Gasteiger partial charge is 0.481 e. The molecule has 7 nitrogen and oxygen atoms in total. The molecule has 2 saturated heterocycles. The number of carbonyl (C=O) groups is 2. The topological polar surface area (TPSA) is 95.7 Å². The number of hydrogen-bond donors (Lipinski definition) is 2. The molecule has 2 aliphatic rings. The zero-order valence-corrected chi connectivity index (χ0v) is 11.9. The first-order chi connectivity index (χ1) is 10.1. The summed E-state index contributed by atoms with van der Waals surface area (Å²) in [7, 11) is 0. The van der Waals surface area contributed by atoms with Crippen LogP contribution in [0.25, 0.3) is 0 Å². The number of aryl methyl sites for hydroxylation is 1. The zero-order chi connectivity index (χ0) is 15.0. The van der Waals surface area contributed by atoms with Gasteiger partial charge >= 0.3 is 12.0 Å². The molecule has 2 amide bonds. The van der Waals surface area contributed by atoms with Gasteiger partial charge in [-0.25, -0.2) is 9.78 Å². The summed E-state index contributed by atoms with van der Waals surface area (Å²) in [5.74, 6) is 0.0242.